The van der Waals surface area contributed by atoms with Crippen molar-refractivity contribution in [3.63, 3.8) is 0 Å². The lowest BCUT2D eigenvalue weighted by atomic mass is 10.1. The molecule has 39 heavy (non-hydrogen) atoms. The van der Waals surface area contributed by atoms with E-state index in [0.29, 0.717) is 29.5 Å². The number of hydrogen-bond donors (Lipinski definition) is 0. The van der Waals surface area contributed by atoms with Crippen molar-refractivity contribution in [2.24, 2.45) is 0 Å². The van der Waals surface area contributed by atoms with Crippen LogP contribution in [-0.4, -0.2) is 54.8 Å². The van der Waals surface area contributed by atoms with Crippen LogP contribution in [0.2, 0.25) is 5.02 Å². The molecule has 10 heteroatoms. The van der Waals surface area contributed by atoms with E-state index in [9.17, 15) is 13.2 Å². The maximum Gasteiger partial charge on any atom is 0.316 e. The average molecular weight is 565 g/mol. The van der Waals surface area contributed by atoms with Crippen LogP contribution in [-0.2, 0) is 10.0 Å². The van der Waals surface area contributed by atoms with Crippen molar-refractivity contribution >= 4 is 38.1 Å². The first-order valence-electron chi connectivity index (χ1n) is 13.2. The fraction of sp³-hybridized carbons (Fsp3) is 0.310. The summed E-state index contributed by atoms with van der Waals surface area (Å²) in [6.07, 6.45) is 5.55. The maximum absolute atomic E-state index is 13.6. The lowest BCUT2D eigenvalue weighted by Crippen LogP contribution is -2.49. The van der Waals surface area contributed by atoms with Gasteiger partial charge in [0, 0.05) is 31.2 Å². The second kappa shape index (κ2) is 10.6. The average Bonchev–Trinajstić information content (AvgIpc) is 3.47. The molecular formula is C29H29ClN4O4S. The zero-order valence-electron chi connectivity index (χ0n) is 21.4. The third-order valence-electron chi connectivity index (χ3n) is 7.49. The molecule has 1 aliphatic heterocycles. The molecule has 0 atom stereocenters. The van der Waals surface area contributed by atoms with E-state index in [2.05, 4.69) is 5.10 Å². The van der Waals surface area contributed by atoms with Crippen LogP contribution in [0.1, 0.15) is 25.7 Å². The van der Waals surface area contributed by atoms with Crippen LogP contribution in [0.25, 0.3) is 16.5 Å². The number of halogens is 1. The van der Waals surface area contributed by atoms with Crippen LogP contribution in [0.5, 0.6) is 5.75 Å². The summed E-state index contributed by atoms with van der Waals surface area (Å²) in [6, 6.07) is 19.9. The molecule has 202 valence electrons. The number of aromatic nitrogens is 2. The number of sulfonamides is 1. The Bertz CT molecular complexity index is 1680. The number of fused-ring (bicyclic) bond motifs is 1. The Morgan fingerprint density at radius 3 is 2.36 bits per heavy atom. The summed E-state index contributed by atoms with van der Waals surface area (Å²) in [4.78, 5) is 15.9. The Kier molecular flexibility index (Phi) is 7.05. The number of benzene rings is 3. The minimum Gasteiger partial charge on any atom is -0.483 e. The number of piperazine rings is 1. The second-order valence-corrected chi connectivity index (χ2v) is 12.4. The highest BCUT2D eigenvalue weighted by Crippen LogP contribution is 2.31. The standard InChI is InChI=1S/C29H29ClN4O4S/c30-23-8-5-9-24(19-23)34-29(35)28(38-25-10-3-4-11-25)27(20-31-34)32-14-16-33(17-15-32)39(36,37)26-13-12-21-6-1-2-7-22(21)18-26/h1-2,5-9,12-13,18-20,25H,3-4,10-11,14-17H2. The first-order chi connectivity index (χ1) is 18.9. The molecule has 0 amide bonds. The zero-order valence-corrected chi connectivity index (χ0v) is 22.9. The molecule has 1 saturated carbocycles. The highest BCUT2D eigenvalue weighted by molar-refractivity contribution is 7.89. The number of anilines is 1. The summed E-state index contributed by atoms with van der Waals surface area (Å²) in [5, 5.41) is 6.83. The van der Waals surface area contributed by atoms with Gasteiger partial charge in [-0.1, -0.05) is 48.0 Å². The van der Waals surface area contributed by atoms with E-state index in [4.69, 9.17) is 16.3 Å². The van der Waals surface area contributed by atoms with Crippen molar-refractivity contribution in [2.45, 2.75) is 36.7 Å². The molecule has 1 saturated heterocycles. The topological polar surface area (TPSA) is 84.7 Å². The monoisotopic (exact) mass is 564 g/mol. The number of hydrogen-bond acceptors (Lipinski definition) is 6. The molecule has 0 bridgehead atoms. The summed E-state index contributed by atoms with van der Waals surface area (Å²) in [7, 11) is -3.66. The largest absolute Gasteiger partial charge is 0.483 e. The van der Waals surface area contributed by atoms with Gasteiger partial charge in [0.05, 0.1) is 22.9 Å². The van der Waals surface area contributed by atoms with Crippen molar-refractivity contribution in [3.8, 4) is 11.4 Å². The Labute approximate surface area is 232 Å². The molecule has 0 N–H and O–H groups in total. The molecule has 2 fully saturated rings. The Hall–Kier alpha value is -3.40. The van der Waals surface area contributed by atoms with Gasteiger partial charge in [0.25, 0.3) is 0 Å². The minimum atomic E-state index is -3.66. The van der Waals surface area contributed by atoms with E-state index in [-0.39, 0.29) is 35.4 Å². The predicted molar refractivity (Wildman–Crippen MR) is 153 cm³/mol. The van der Waals surface area contributed by atoms with Crippen LogP contribution < -0.4 is 15.2 Å². The lowest BCUT2D eigenvalue weighted by Gasteiger charge is -2.36. The highest BCUT2D eigenvalue weighted by atomic mass is 35.5. The van der Waals surface area contributed by atoms with Gasteiger partial charge in [-0.15, -0.1) is 0 Å². The van der Waals surface area contributed by atoms with E-state index in [1.54, 1.807) is 42.6 Å². The summed E-state index contributed by atoms with van der Waals surface area (Å²) in [6.45, 7) is 1.40. The number of ether oxygens (including phenoxy) is 1. The zero-order chi connectivity index (χ0) is 27.0. The molecule has 4 aromatic rings. The molecule has 2 heterocycles. The van der Waals surface area contributed by atoms with Crippen LogP contribution >= 0.6 is 11.6 Å². The first-order valence-corrected chi connectivity index (χ1v) is 15.0. The fourth-order valence-corrected chi connectivity index (χ4v) is 7.02. The lowest BCUT2D eigenvalue weighted by molar-refractivity contribution is 0.205. The number of nitrogens with zero attached hydrogens (tertiary/aromatic N) is 4. The van der Waals surface area contributed by atoms with Gasteiger partial charge in [0.2, 0.25) is 15.8 Å². The molecule has 1 aromatic heterocycles. The van der Waals surface area contributed by atoms with Crippen molar-refractivity contribution in [2.75, 3.05) is 31.1 Å². The van der Waals surface area contributed by atoms with Gasteiger partial charge in [0.15, 0.2) is 0 Å². The molecule has 8 nitrogen and oxygen atoms in total. The summed E-state index contributed by atoms with van der Waals surface area (Å²) in [5.41, 5.74) is 0.794. The molecule has 1 aliphatic carbocycles. The molecule has 6 rings (SSSR count). The van der Waals surface area contributed by atoms with Crippen molar-refractivity contribution in [3.05, 3.63) is 88.3 Å². The minimum absolute atomic E-state index is 0.0266. The normalized spacial score (nSPS) is 17.1. The molecule has 2 aliphatic rings. The van der Waals surface area contributed by atoms with Gasteiger partial charge in [0.1, 0.15) is 5.69 Å². The maximum atomic E-state index is 13.6. The van der Waals surface area contributed by atoms with Crippen LogP contribution in [0, 0.1) is 0 Å². The Balaban J connectivity index is 1.27. The summed E-state index contributed by atoms with van der Waals surface area (Å²) >= 11 is 6.16. The second-order valence-electron chi connectivity index (χ2n) is 9.98. The van der Waals surface area contributed by atoms with Gasteiger partial charge in [-0.05, 0) is 66.8 Å². The van der Waals surface area contributed by atoms with Crippen LogP contribution in [0.3, 0.4) is 0 Å². The van der Waals surface area contributed by atoms with E-state index in [1.165, 1.54) is 8.99 Å². The smallest absolute Gasteiger partial charge is 0.316 e. The molecule has 0 spiro atoms. The van der Waals surface area contributed by atoms with Crippen LogP contribution in [0.4, 0.5) is 5.69 Å². The predicted octanol–water partition coefficient (Wildman–Crippen LogP) is 4.87. The van der Waals surface area contributed by atoms with Gasteiger partial charge in [-0.2, -0.15) is 14.1 Å². The van der Waals surface area contributed by atoms with Gasteiger partial charge < -0.3 is 9.64 Å². The van der Waals surface area contributed by atoms with E-state index in [0.717, 1.165) is 36.5 Å². The van der Waals surface area contributed by atoms with E-state index in [1.807, 2.05) is 35.2 Å². The first kappa shape index (κ1) is 25.9. The molecular weight excluding hydrogens is 536 g/mol. The van der Waals surface area contributed by atoms with E-state index < -0.39 is 10.0 Å². The Morgan fingerprint density at radius 2 is 1.62 bits per heavy atom. The third-order valence-corrected chi connectivity index (χ3v) is 9.62. The van der Waals surface area contributed by atoms with Crippen LogP contribution in [0.15, 0.2) is 82.6 Å². The molecule has 0 unspecified atom stereocenters. The fourth-order valence-electron chi connectivity index (χ4n) is 5.38. The molecule has 0 radical (unpaired) electrons. The van der Waals surface area contributed by atoms with Gasteiger partial charge >= 0.3 is 5.56 Å². The summed E-state index contributed by atoms with van der Waals surface area (Å²) in [5.74, 6) is 0.253. The Morgan fingerprint density at radius 1 is 0.872 bits per heavy atom. The SMILES string of the molecule is O=c1c(OC2CCCC2)c(N2CCN(S(=O)(=O)c3ccc4ccccc4c3)CC2)cnn1-c1cccc(Cl)c1. The third kappa shape index (κ3) is 5.14. The van der Waals surface area contributed by atoms with E-state index >= 15 is 0 Å². The van der Waals surface area contributed by atoms with Crippen molar-refractivity contribution < 1.29 is 13.2 Å². The van der Waals surface area contributed by atoms with Gasteiger partial charge in [-0.3, -0.25) is 4.79 Å². The summed E-state index contributed by atoms with van der Waals surface area (Å²) < 4.78 is 36.0. The quantitative estimate of drug-likeness (QED) is 0.332. The number of rotatable bonds is 6. The highest BCUT2D eigenvalue weighted by Gasteiger charge is 2.31. The molecule has 3 aromatic carbocycles. The van der Waals surface area contributed by atoms with Crippen molar-refractivity contribution in [1.82, 2.24) is 14.1 Å². The van der Waals surface area contributed by atoms with Crippen molar-refractivity contribution in [1.29, 1.82) is 0 Å². The van der Waals surface area contributed by atoms with Gasteiger partial charge in [-0.25, -0.2) is 8.42 Å².